The molecule has 1 aliphatic carbocycles. The van der Waals surface area contributed by atoms with Gasteiger partial charge in [-0.1, -0.05) is 6.07 Å². The van der Waals surface area contributed by atoms with Gasteiger partial charge in [-0.2, -0.15) is 18.2 Å². The van der Waals surface area contributed by atoms with Crippen molar-refractivity contribution in [2.45, 2.75) is 44.0 Å². The topological polar surface area (TPSA) is 110 Å². The lowest BCUT2D eigenvalue weighted by atomic mass is 9.92. The number of piperazine rings is 1. The van der Waals surface area contributed by atoms with Crippen molar-refractivity contribution in [2.75, 3.05) is 36.4 Å². The molecule has 1 amide bonds. The summed E-state index contributed by atoms with van der Waals surface area (Å²) in [4.78, 5) is 30.7. The molecule has 0 spiro atoms. The summed E-state index contributed by atoms with van der Waals surface area (Å²) in [6.07, 6.45) is -2.89. The standard InChI is InChI=1S/C29H29F4N5O5/c30-19-4-9-23(10-5-19)43-28(39)37-16-14-36(15-17-37)26-2-1-3-27(35-26)42-22-11-6-20(7-12-22)34-21-8-13-25(38(40)41)24(18-21)29(31,32)33/h1-5,8-10,13,18,20,22,34H,6-7,11-12,14-17H2. The molecular weight excluding hydrogens is 574 g/mol. The maximum atomic E-state index is 13.3. The van der Waals surface area contributed by atoms with Crippen LogP contribution in [0.5, 0.6) is 11.6 Å². The van der Waals surface area contributed by atoms with Crippen LogP contribution in [-0.4, -0.2) is 59.2 Å². The van der Waals surface area contributed by atoms with E-state index in [-0.39, 0.29) is 23.6 Å². The van der Waals surface area contributed by atoms with E-state index in [2.05, 4.69) is 10.3 Å². The Morgan fingerprint density at radius 1 is 0.977 bits per heavy atom. The van der Waals surface area contributed by atoms with Crippen LogP contribution in [0.4, 0.5) is 39.5 Å². The van der Waals surface area contributed by atoms with Crippen LogP contribution in [0.1, 0.15) is 31.2 Å². The Balaban J connectivity index is 1.10. The second kappa shape index (κ2) is 12.7. The number of nitrogens with one attached hydrogen (secondary N) is 1. The summed E-state index contributed by atoms with van der Waals surface area (Å²) < 4.78 is 64.5. The minimum atomic E-state index is -4.84. The maximum Gasteiger partial charge on any atom is 0.423 e. The van der Waals surface area contributed by atoms with Gasteiger partial charge in [-0.3, -0.25) is 10.1 Å². The van der Waals surface area contributed by atoms with Crippen molar-refractivity contribution in [3.05, 3.63) is 82.2 Å². The molecule has 228 valence electrons. The van der Waals surface area contributed by atoms with Gasteiger partial charge in [0, 0.05) is 50.0 Å². The molecule has 0 radical (unpaired) electrons. The molecule has 10 nitrogen and oxygen atoms in total. The van der Waals surface area contributed by atoms with Crippen LogP contribution in [0, 0.1) is 15.9 Å². The zero-order valence-electron chi connectivity index (χ0n) is 22.9. The summed E-state index contributed by atoms with van der Waals surface area (Å²) in [6, 6.07) is 13.5. The summed E-state index contributed by atoms with van der Waals surface area (Å²) >= 11 is 0. The SMILES string of the molecule is O=C(Oc1ccc(F)cc1)N1CCN(c2cccc(OC3CCC(Nc4ccc([N+](=O)[O-])c(C(F)(F)F)c4)CC3)n2)CC1. The highest BCUT2D eigenvalue weighted by Crippen LogP contribution is 2.38. The highest BCUT2D eigenvalue weighted by molar-refractivity contribution is 5.71. The highest BCUT2D eigenvalue weighted by Gasteiger charge is 2.38. The van der Waals surface area contributed by atoms with Gasteiger partial charge in [-0.25, -0.2) is 9.18 Å². The molecule has 2 fully saturated rings. The molecule has 14 heteroatoms. The smallest absolute Gasteiger partial charge is 0.423 e. The predicted molar refractivity (Wildman–Crippen MR) is 149 cm³/mol. The number of nitrogens with zero attached hydrogens (tertiary/aromatic N) is 4. The van der Waals surface area contributed by atoms with Crippen molar-refractivity contribution >= 4 is 23.3 Å². The summed E-state index contributed by atoms with van der Waals surface area (Å²) in [5, 5.41) is 14.1. The number of nitro groups is 1. The number of pyridine rings is 1. The van der Waals surface area contributed by atoms with Crippen molar-refractivity contribution < 1.29 is 36.8 Å². The van der Waals surface area contributed by atoms with Gasteiger partial charge in [0.25, 0.3) is 5.69 Å². The van der Waals surface area contributed by atoms with Crippen molar-refractivity contribution in [3.63, 3.8) is 0 Å². The zero-order valence-corrected chi connectivity index (χ0v) is 22.9. The number of hydrogen-bond acceptors (Lipinski definition) is 8. The maximum absolute atomic E-state index is 13.3. The number of ether oxygens (including phenoxy) is 2. The number of halogens is 4. The molecule has 1 aromatic heterocycles. The first kappa shape index (κ1) is 29.9. The third-order valence-corrected chi connectivity index (χ3v) is 7.42. The van der Waals surface area contributed by atoms with E-state index in [1.807, 2.05) is 17.0 Å². The van der Waals surface area contributed by atoms with E-state index in [9.17, 15) is 32.5 Å². The number of nitro benzene ring substituents is 1. The second-order valence-corrected chi connectivity index (χ2v) is 10.4. The fraction of sp³-hybridized carbons (Fsp3) is 0.379. The van der Waals surface area contributed by atoms with Crippen LogP contribution in [-0.2, 0) is 6.18 Å². The van der Waals surface area contributed by atoms with E-state index in [1.54, 1.807) is 11.0 Å². The Kier molecular flexibility index (Phi) is 8.83. The number of amides is 1. The number of carbonyl (C=O) groups is 1. The summed E-state index contributed by atoms with van der Waals surface area (Å²) in [6.45, 7) is 1.90. The van der Waals surface area contributed by atoms with Crippen molar-refractivity contribution in [1.82, 2.24) is 9.88 Å². The molecule has 1 N–H and O–H groups in total. The first-order chi connectivity index (χ1) is 20.5. The third kappa shape index (κ3) is 7.62. The average molecular weight is 604 g/mol. The van der Waals surface area contributed by atoms with Crippen LogP contribution in [0.15, 0.2) is 60.7 Å². The van der Waals surface area contributed by atoms with Gasteiger partial charge in [0.05, 0.1) is 4.92 Å². The Hall–Kier alpha value is -4.62. The number of alkyl halides is 3. The summed E-state index contributed by atoms with van der Waals surface area (Å²) in [5.74, 6) is 1.02. The Morgan fingerprint density at radius 2 is 1.67 bits per heavy atom. The van der Waals surface area contributed by atoms with Crippen molar-refractivity contribution in [3.8, 4) is 11.6 Å². The second-order valence-electron chi connectivity index (χ2n) is 10.4. The molecule has 3 aromatic rings. The van der Waals surface area contributed by atoms with E-state index < -0.39 is 34.3 Å². The molecule has 1 aliphatic heterocycles. The number of aromatic nitrogens is 1. The van der Waals surface area contributed by atoms with Gasteiger partial charge < -0.3 is 24.6 Å². The van der Waals surface area contributed by atoms with Gasteiger partial charge >= 0.3 is 12.3 Å². The lowest BCUT2D eigenvalue weighted by Gasteiger charge is -2.35. The predicted octanol–water partition coefficient (Wildman–Crippen LogP) is 6.27. The van der Waals surface area contributed by atoms with Crippen molar-refractivity contribution in [1.29, 1.82) is 0 Å². The molecule has 2 aromatic carbocycles. The Labute approximate surface area is 244 Å². The monoisotopic (exact) mass is 603 g/mol. The summed E-state index contributed by atoms with van der Waals surface area (Å²) in [7, 11) is 0. The first-order valence-corrected chi connectivity index (χ1v) is 13.8. The minimum absolute atomic E-state index is 0.104. The van der Waals surface area contributed by atoms with Gasteiger partial charge in [-0.15, -0.1) is 0 Å². The van der Waals surface area contributed by atoms with Crippen LogP contribution in [0.2, 0.25) is 0 Å². The van der Waals surface area contributed by atoms with E-state index in [1.165, 1.54) is 30.3 Å². The normalized spacial score (nSPS) is 19.1. The molecule has 0 bridgehead atoms. The van der Waals surface area contributed by atoms with E-state index in [0.29, 0.717) is 63.6 Å². The van der Waals surface area contributed by atoms with E-state index in [0.717, 1.165) is 12.1 Å². The Bertz CT molecular complexity index is 1440. The number of benzene rings is 2. The first-order valence-electron chi connectivity index (χ1n) is 13.8. The van der Waals surface area contributed by atoms with Gasteiger partial charge in [0.2, 0.25) is 5.88 Å². The minimum Gasteiger partial charge on any atom is -0.474 e. The van der Waals surface area contributed by atoms with Gasteiger partial charge in [0.15, 0.2) is 0 Å². The quantitative estimate of drug-likeness (QED) is 0.191. The van der Waals surface area contributed by atoms with E-state index in [4.69, 9.17) is 9.47 Å². The lowest BCUT2D eigenvalue weighted by molar-refractivity contribution is -0.388. The molecule has 2 heterocycles. The average Bonchev–Trinajstić information content (AvgIpc) is 2.99. The summed E-state index contributed by atoms with van der Waals surface area (Å²) in [5.41, 5.74) is -2.08. The third-order valence-electron chi connectivity index (χ3n) is 7.42. The molecule has 43 heavy (non-hydrogen) atoms. The molecule has 0 unspecified atom stereocenters. The molecule has 1 saturated carbocycles. The highest BCUT2D eigenvalue weighted by atomic mass is 19.4. The van der Waals surface area contributed by atoms with Crippen LogP contribution >= 0.6 is 0 Å². The number of hydrogen-bond donors (Lipinski definition) is 1. The molecule has 2 aliphatic rings. The molecular formula is C29H29F4N5O5. The van der Waals surface area contributed by atoms with Gasteiger partial charge in [-0.05, 0) is 68.1 Å². The van der Waals surface area contributed by atoms with Crippen LogP contribution in [0.3, 0.4) is 0 Å². The fourth-order valence-electron chi connectivity index (χ4n) is 5.18. The van der Waals surface area contributed by atoms with Crippen LogP contribution < -0.4 is 19.7 Å². The van der Waals surface area contributed by atoms with Gasteiger partial charge in [0.1, 0.15) is 29.1 Å². The number of rotatable bonds is 7. The molecule has 1 saturated heterocycles. The van der Waals surface area contributed by atoms with Crippen LogP contribution in [0.25, 0.3) is 0 Å². The van der Waals surface area contributed by atoms with Crippen molar-refractivity contribution in [2.24, 2.45) is 0 Å². The zero-order chi connectivity index (χ0) is 30.6. The Morgan fingerprint density at radius 3 is 2.33 bits per heavy atom. The van der Waals surface area contributed by atoms with E-state index >= 15 is 0 Å². The lowest BCUT2D eigenvalue weighted by Crippen LogP contribution is -2.49. The largest absolute Gasteiger partial charge is 0.474 e. The number of carbonyl (C=O) groups excluding carboxylic acids is 1. The molecule has 0 atom stereocenters. The fourth-order valence-corrected chi connectivity index (χ4v) is 5.18. The molecule has 5 rings (SSSR count). The number of anilines is 2.